The molecule has 0 saturated heterocycles. The lowest BCUT2D eigenvalue weighted by molar-refractivity contribution is -0.905. The van der Waals surface area contributed by atoms with Gasteiger partial charge < -0.3 is 20.4 Å². The molecule has 0 bridgehead atoms. The van der Waals surface area contributed by atoms with Gasteiger partial charge in [-0.15, -0.1) is 0 Å². The first-order chi connectivity index (χ1) is 14.8. The Morgan fingerprint density at radius 3 is 2.71 bits per heavy atom. The molecular weight excluding hydrogens is 456 g/mol. The van der Waals surface area contributed by atoms with Crippen LogP contribution in [0.5, 0.6) is 0 Å². The van der Waals surface area contributed by atoms with E-state index < -0.39 is 0 Å². The molecule has 1 aromatic heterocycles. The number of fused-ring (bicyclic) bond motifs is 1. The third kappa shape index (κ3) is 4.86. The average Bonchev–Trinajstić information content (AvgIpc) is 2.75. The van der Waals surface area contributed by atoms with Crippen LogP contribution in [-0.2, 0) is 13.0 Å². The van der Waals surface area contributed by atoms with E-state index in [9.17, 15) is 4.79 Å². The van der Waals surface area contributed by atoms with Crippen molar-refractivity contribution in [3.05, 3.63) is 69.8 Å². The molecular formula is C23H26BrN6O+. The van der Waals surface area contributed by atoms with Gasteiger partial charge >= 0.3 is 0 Å². The SMILES string of the molecule is CNC(=O)c1ccccc1Nc1nc(Nc2ccc3c(c2)C[N+](C)(C)CC3)ncc1Br. The van der Waals surface area contributed by atoms with Crippen molar-refractivity contribution in [1.82, 2.24) is 15.3 Å². The summed E-state index contributed by atoms with van der Waals surface area (Å²) in [4.78, 5) is 21.2. The highest BCUT2D eigenvalue weighted by atomic mass is 79.9. The molecule has 0 radical (unpaired) electrons. The zero-order chi connectivity index (χ0) is 22.0. The molecule has 1 aliphatic rings. The fourth-order valence-corrected chi connectivity index (χ4v) is 4.04. The van der Waals surface area contributed by atoms with E-state index in [0.29, 0.717) is 27.5 Å². The highest BCUT2D eigenvalue weighted by Crippen LogP contribution is 2.29. The number of para-hydroxylation sites is 1. The molecule has 0 saturated carbocycles. The number of halogens is 1. The van der Waals surface area contributed by atoms with Crippen LogP contribution in [-0.4, -0.2) is 48.0 Å². The maximum atomic E-state index is 12.2. The molecule has 1 amide bonds. The zero-order valence-corrected chi connectivity index (χ0v) is 19.5. The Bertz CT molecular complexity index is 1130. The Kier molecular flexibility index (Phi) is 5.93. The van der Waals surface area contributed by atoms with E-state index in [0.717, 1.165) is 29.7 Å². The molecule has 3 N–H and O–H groups in total. The Balaban J connectivity index is 1.58. The van der Waals surface area contributed by atoms with Gasteiger partial charge in [0, 0.05) is 30.9 Å². The minimum Gasteiger partial charge on any atom is -0.355 e. The molecule has 3 aromatic rings. The fourth-order valence-electron chi connectivity index (χ4n) is 3.75. The molecule has 0 fully saturated rings. The van der Waals surface area contributed by atoms with Crippen molar-refractivity contribution in [2.75, 3.05) is 38.3 Å². The maximum absolute atomic E-state index is 12.2. The number of amides is 1. The van der Waals surface area contributed by atoms with Crippen LogP contribution in [0.3, 0.4) is 0 Å². The smallest absolute Gasteiger partial charge is 0.253 e. The van der Waals surface area contributed by atoms with Crippen molar-refractivity contribution in [3.63, 3.8) is 0 Å². The number of nitrogens with zero attached hydrogens (tertiary/aromatic N) is 3. The lowest BCUT2D eigenvalue weighted by Crippen LogP contribution is -2.43. The summed E-state index contributed by atoms with van der Waals surface area (Å²) in [6, 6.07) is 13.8. The summed E-state index contributed by atoms with van der Waals surface area (Å²) in [6.07, 6.45) is 2.79. The summed E-state index contributed by atoms with van der Waals surface area (Å²) in [5, 5.41) is 9.22. The van der Waals surface area contributed by atoms with Crippen LogP contribution in [0.15, 0.2) is 53.1 Å². The second kappa shape index (κ2) is 8.64. The lowest BCUT2D eigenvalue weighted by atomic mass is 9.98. The number of aromatic nitrogens is 2. The highest BCUT2D eigenvalue weighted by Gasteiger charge is 2.24. The second-order valence-corrected chi connectivity index (χ2v) is 9.17. The number of benzene rings is 2. The quantitative estimate of drug-likeness (QED) is 0.475. The summed E-state index contributed by atoms with van der Waals surface area (Å²) < 4.78 is 1.69. The van der Waals surface area contributed by atoms with Crippen molar-refractivity contribution in [1.29, 1.82) is 0 Å². The van der Waals surface area contributed by atoms with Crippen LogP contribution >= 0.6 is 15.9 Å². The van der Waals surface area contributed by atoms with Gasteiger partial charge in [0.15, 0.2) is 0 Å². The normalized spacial score (nSPS) is 14.5. The molecule has 8 heteroatoms. The largest absolute Gasteiger partial charge is 0.355 e. The summed E-state index contributed by atoms with van der Waals surface area (Å²) in [7, 11) is 6.13. The molecule has 1 aliphatic heterocycles. The van der Waals surface area contributed by atoms with Crippen LogP contribution in [0.4, 0.5) is 23.1 Å². The molecule has 0 spiro atoms. The van der Waals surface area contributed by atoms with Gasteiger partial charge in [0.1, 0.15) is 12.4 Å². The van der Waals surface area contributed by atoms with Gasteiger partial charge in [0.05, 0.1) is 36.4 Å². The summed E-state index contributed by atoms with van der Waals surface area (Å²) in [5.41, 5.74) is 4.94. The first-order valence-corrected chi connectivity index (χ1v) is 11.0. The number of rotatable bonds is 5. The molecule has 31 heavy (non-hydrogen) atoms. The van der Waals surface area contributed by atoms with Gasteiger partial charge in [-0.05, 0) is 45.8 Å². The van der Waals surface area contributed by atoms with Gasteiger partial charge in [-0.3, -0.25) is 4.79 Å². The second-order valence-electron chi connectivity index (χ2n) is 8.32. The van der Waals surface area contributed by atoms with Crippen LogP contribution in [0.25, 0.3) is 0 Å². The minimum atomic E-state index is -0.165. The number of likely N-dealkylation sites (N-methyl/N-ethyl adjacent to an activating group) is 1. The fraction of sp³-hybridized carbons (Fsp3) is 0.261. The number of anilines is 4. The van der Waals surface area contributed by atoms with Gasteiger partial charge in [-0.25, -0.2) is 4.98 Å². The van der Waals surface area contributed by atoms with E-state index in [4.69, 9.17) is 0 Å². The molecule has 2 aromatic carbocycles. The van der Waals surface area contributed by atoms with E-state index in [1.54, 1.807) is 19.3 Å². The Hall–Kier alpha value is -2.97. The zero-order valence-electron chi connectivity index (χ0n) is 17.9. The van der Waals surface area contributed by atoms with Crippen molar-refractivity contribution in [3.8, 4) is 0 Å². The van der Waals surface area contributed by atoms with E-state index in [1.807, 2.05) is 18.2 Å². The Labute approximate surface area is 190 Å². The van der Waals surface area contributed by atoms with Crippen molar-refractivity contribution >= 4 is 45.0 Å². The predicted octanol–water partition coefficient (Wildman–Crippen LogP) is 4.22. The van der Waals surface area contributed by atoms with Gasteiger partial charge in [0.2, 0.25) is 5.95 Å². The summed E-state index contributed by atoms with van der Waals surface area (Å²) >= 11 is 3.50. The highest BCUT2D eigenvalue weighted by molar-refractivity contribution is 9.10. The first-order valence-electron chi connectivity index (χ1n) is 10.2. The molecule has 4 rings (SSSR count). The Morgan fingerprint density at radius 1 is 1.10 bits per heavy atom. The maximum Gasteiger partial charge on any atom is 0.253 e. The summed E-state index contributed by atoms with van der Waals surface area (Å²) in [6.45, 7) is 2.16. The molecule has 7 nitrogen and oxygen atoms in total. The molecule has 0 aliphatic carbocycles. The van der Waals surface area contributed by atoms with Crippen molar-refractivity contribution in [2.45, 2.75) is 13.0 Å². The van der Waals surface area contributed by atoms with E-state index in [1.165, 1.54) is 11.1 Å². The number of carbonyl (C=O) groups is 1. The lowest BCUT2D eigenvalue weighted by Gasteiger charge is -2.35. The van der Waals surface area contributed by atoms with Crippen LogP contribution < -0.4 is 16.0 Å². The third-order valence-corrected chi connectivity index (χ3v) is 6.02. The number of hydrogen-bond acceptors (Lipinski definition) is 5. The number of quaternary nitrogens is 1. The van der Waals surface area contributed by atoms with Crippen LogP contribution in [0, 0.1) is 0 Å². The van der Waals surface area contributed by atoms with E-state index in [-0.39, 0.29) is 5.91 Å². The van der Waals surface area contributed by atoms with Gasteiger partial charge in [0.25, 0.3) is 5.91 Å². The predicted molar refractivity (Wildman–Crippen MR) is 127 cm³/mol. The topological polar surface area (TPSA) is 78.9 Å². The molecule has 0 unspecified atom stereocenters. The monoisotopic (exact) mass is 481 g/mol. The standard InChI is InChI=1S/C23H25BrN6O/c1-25-22(31)18-6-4-5-7-20(18)28-21-19(24)13-26-23(29-21)27-17-9-8-15-10-11-30(2,3)14-16(15)12-17/h4-9,12-13H,10-11,14H2,1-3H3,(H2-,25,26,27,28,29,31)/p+1. The van der Waals surface area contributed by atoms with Gasteiger partial charge in [-0.2, -0.15) is 4.98 Å². The van der Waals surface area contributed by atoms with Crippen molar-refractivity contribution in [2.24, 2.45) is 0 Å². The third-order valence-electron chi connectivity index (χ3n) is 5.44. The van der Waals surface area contributed by atoms with Crippen molar-refractivity contribution < 1.29 is 9.28 Å². The number of hydrogen-bond donors (Lipinski definition) is 3. The van der Waals surface area contributed by atoms with E-state index >= 15 is 0 Å². The molecule has 160 valence electrons. The molecule has 0 atom stereocenters. The van der Waals surface area contributed by atoms with Crippen LogP contribution in [0.2, 0.25) is 0 Å². The molecule has 2 heterocycles. The van der Waals surface area contributed by atoms with E-state index in [2.05, 4.69) is 74.1 Å². The summed E-state index contributed by atoms with van der Waals surface area (Å²) in [5.74, 6) is 0.888. The number of carbonyl (C=O) groups excluding carboxylic acids is 1. The number of nitrogens with one attached hydrogen (secondary N) is 3. The van der Waals surface area contributed by atoms with Crippen LogP contribution in [0.1, 0.15) is 21.5 Å². The average molecular weight is 482 g/mol. The Morgan fingerprint density at radius 2 is 1.90 bits per heavy atom. The first kappa shape index (κ1) is 21.3. The minimum absolute atomic E-state index is 0.165. The van der Waals surface area contributed by atoms with Gasteiger partial charge in [-0.1, -0.05) is 18.2 Å².